The predicted octanol–water partition coefficient (Wildman–Crippen LogP) is 3.32. The van der Waals surface area contributed by atoms with Gasteiger partial charge in [0.05, 0.1) is 6.04 Å². The molecule has 0 spiro atoms. The molecule has 1 aromatic carbocycles. The van der Waals surface area contributed by atoms with Crippen molar-refractivity contribution in [1.82, 2.24) is 15.5 Å². The van der Waals surface area contributed by atoms with Crippen molar-refractivity contribution in [3.8, 4) is 0 Å². The number of nitrogens with zero attached hydrogens (tertiary/aromatic N) is 2. The number of amides is 1. The second-order valence-electron chi connectivity index (χ2n) is 4.59. The van der Waals surface area contributed by atoms with E-state index in [0.29, 0.717) is 0 Å². The van der Waals surface area contributed by atoms with Gasteiger partial charge >= 0.3 is 0 Å². The summed E-state index contributed by atoms with van der Waals surface area (Å²) >= 11 is 5.65. The van der Waals surface area contributed by atoms with E-state index in [9.17, 15) is 4.79 Å². The van der Waals surface area contributed by atoms with E-state index in [1.54, 1.807) is 12.1 Å². The van der Waals surface area contributed by atoms with Gasteiger partial charge in [0, 0.05) is 0 Å². The Bertz CT molecular complexity index is 581. The van der Waals surface area contributed by atoms with Crippen LogP contribution in [0.2, 0.25) is 5.15 Å². The van der Waals surface area contributed by atoms with Gasteiger partial charge in [0.1, 0.15) is 0 Å². The van der Waals surface area contributed by atoms with E-state index >= 15 is 0 Å². The van der Waals surface area contributed by atoms with E-state index in [-0.39, 0.29) is 22.8 Å². The first-order chi connectivity index (χ1) is 9.60. The van der Waals surface area contributed by atoms with Crippen LogP contribution in [0.15, 0.2) is 36.4 Å². The molecule has 0 saturated carbocycles. The fourth-order valence-corrected chi connectivity index (χ4v) is 1.99. The van der Waals surface area contributed by atoms with Gasteiger partial charge in [-0.25, -0.2) is 0 Å². The fourth-order valence-electron chi connectivity index (χ4n) is 1.89. The number of carbonyl (C=O) groups excluding carboxylic acids is 1. The van der Waals surface area contributed by atoms with Crippen LogP contribution in [0.3, 0.4) is 0 Å². The third-order valence-electron chi connectivity index (χ3n) is 3.06. The SMILES string of the molecule is CCC(NC(=O)c1ccc(Cl)nn1)c1ccc(C)cc1. The molecule has 2 aromatic rings. The summed E-state index contributed by atoms with van der Waals surface area (Å²) in [5, 5.41) is 10.7. The van der Waals surface area contributed by atoms with Crippen molar-refractivity contribution in [2.45, 2.75) is 26.3 Å². The van der Waals surface area contributed by atoms with Gasteiger partial charge in [-0.15, -0.1) is 10.2 Å². The molecule has 1 atom stereocenters. The fraction of sp³-hybridized carbons (Fsp3) is 0.267. The molecule has 0 radical (unpaired) electrons. The number of rotatable bonds is 4. The lowest BCUT2D eigenvalue weighted by Gasteiger charge is -2.17. The van der Waals surface area contributed by atoms with E-state index in [1.807, 2.05) is 38.1 Å². The maximum atomic E-state index is 12.1. The Kier molecular flexibility index (Phi) is 4.69. The topological polar surface area (TPSA) is 54.9 Å². The Morgan fingerprint density at radius 2 is 1.90 bits per heavy atom. The molecule has 5 heteroatoms. The number of halogens is 1. The lowest BCUT2D eigenvalue weighted by atomic mass is 10.0. The minimum atomic E-state index is -0.249. The molecule has 0 saturated heterocycles. The summed E-state index contributed by atoms with van der Waals surface area (Å²) in [5.41, 5.74) is 2.53. The van der Waals surface area contributed by atoms with Crippen LogP contribution in [0.25, 0.3) is 0 Å². The largest absolute Gasteiger partial charge is 0.344 e. The minimum Gasteiger partial charge on any atom is -0.344 e. The van der Waals surface area contributed by atoms with E-state index in [1.165, 1.54) is 5.56 Å². The summed E-state index contributed by atoms with van der Waals surface area (Å²) in [5.74, 6) is -0.249. The average Bonchev–Trinajstić information content (AvgIpc) is 2.46. The Balaban J connectivity index is 2.11. The summed E-state index contributed by atoms with van der Waals surface area (Å²) < 4.78 is 0. The summed E-state index contributed by atoms with van der Waals surface area (Å²) in [4.78, 5) is 12.1. The summed E-state index contributed by atoms with van der Waals surface area (Å²) in [6.45, 7) is 4.06. The quantitative estimate of drug-likeness (QED) is 0.939. The second-order valence-corrected chi connectivity index (χ2v) is 4.97. The van der Waals surface area contributed by atoms with E-state index < -0.39 is 0 Å². The molecule has 0 bridgehead atoms. The number of carbonyl (C=O) groups is 1. The van der Waals surface area contributed by atoms with Gasteiger partial charge in [-0.2, -0.15) is 0 Å². The van der Waals surface area contributed by atoms with E-state index in [4.69, 9.17) is 11.6 Å². The van der Waals surface area contributed by atoms with Crippen molar-refractivity contribution in [3.05, 3.63) is 58.4 Å². The standard InChI is InChI=1S/C15H16ClN3O/c1-3-12(11-6-4-10(2)5-7-11)17-15(20)13-8-9-14(16)19-18-13/h4-9,12H,3H2,1-2H3,(H,17,20). The molecule has 2 rings (SSSR count). The third-order valence-corrected chi connectivity index (χ3v) is 3.26. The molecule has 20 heavy (non-hydrogen) atoms. The lowest BCUT2D eigenvalue weighted by molar-refractivity contribution is 0.0929. The number of nitrogens with one attached hydrogen (secondary N) is 1. The van der Waals surface area contributed by atoms with Crippen molar-refractivity contribution in [1.29, 1.82) is 0 Å². The molecular weight excluding hydrogens is 274 g/mol. The van der Waals surface area contributed by atoms with E-state index in [2.05, 4.69) is 15.5 Å². The number of hydrogen-bond acceptors (Lipinski definition) is 3. The van der Waals surface area contributed by atoms with Gasteiger partial charge in [-0.3, -0.25) is 4.79 Å². The highest BCUT2D eigenvalue weighted by molar-refractivity contribution is 6.29. The molecule has 4 nitrogen and oxygen atoms in total. The molecule has 0 aliphatic carbocycles. The Morgan fingerprint density at radius 1 is 1.20 bits per heavy atom. The van der Waals surface area contributed by atoms with Crippen LogP contribution in [-0.2, 0) is 0 Å². The smallest absolute Gasteiger partial charge is 0.272 e. The second kappa shape index (κ2) is 6.48. The highest BCUT2D eigenvalue weighted by atomic mass is 35.5. The van der Waals surface area contributed by atoms with Gasteiger partial charge in [0.25, 0.3) is 5.91 Å². The molecule has 0 fully saturated rings. The molecule has 0 aliphatic rings. The van der Waals surface area contributed by atoms with Crippen LogP contribution < -0.4 is 5.32 Å². The Hall–Kier alpha value is -1.94. The van der Waals surface area contributed by atoms with Crippen molar-refractivity contribution < 1.29 is 4.79 Å². The average molecular weight is 290 g/mol. The molecule has 104 valence electrons. The van der Waals surface area contributed by atoms with Gasteiger partial charge in [0.2, 0.25) is 0 Å². The zero-order chi connectivity index (χ0) is 14.5. The van der Waals surface area contributed by atoms with Crippen LogP contribution in [0, 0.1) is 6.92 Å². The van der Waals surface area contributed by atoms with Crippen LogP contribution >= 0.6 is 11.6 Å². The maximum absolute atomic E-state index is 12.1. The molecule has 1 N–H and O–H groups in total. The first-order valence-electron chi connectivity index (χ1n) is 6.47. The molecular formula is C15H16ClN3O. The van der Waals surface area contributed by atoms with Crippen molar-refractivity contribution >= 4 is 17.5 Å². The summed E-state index contributed by atoms with van der Waals surface area (Å²) in [6, 6.07) is 11.2. The molecule has 1 aromatic heterocycles. The lowest BCUT2D eigenvalue weighted by Crippen LogP contribution is -2.29. The first kappa shape index (κ1) is 14.5. The molecule has 1 amide bonds. The van der Waals surface area contributed by atoms with Crippen molar-refractivity contribution in [2.24, 2.45) is 0 Å². The van der Waals surface area contributed by atoms with Crippen molar-refractivity contribution in [3.63, 3.8) is 0 Å². The van der Waals surface area contributed by atoms with Gasteiger partial charge in [-0.1, -0.05) is 48.4 Å². The predicted molar refractivity (Wildman–Crippen MR) is 78.7 cm³/mol. The van der Waals surface area contributed by atoms with Crippen LogP contribution in [0.5, 0.6) is 0 Å². The zero-order valence-corrected chi connectivity index (χ0v) is 12.2. The maximum Gasteiger partial charge on any atom is 0.272 e. The molecule has 1 unspecified atom stereocenters. The van der Waals surface area contributed by atoms with Gasteiger partial charge < -0.3 is 5.32 Å². The number of aromatic nitrogens is 2. The van der Waals surface area contributed by atoms with Crippen molar-refractivity contribution in [2.75, 3.05) is 0 Å². The highest BCUT2D eigenvalue weighted by Gasteiger charge is 2.15. The first-order valence-corrected chi connectivity index (χ1v) is 6.84. The van der Waals surface area contributed by atoms with Crippen LogP contribution in [0.1, 0.15) is 41.0 Å². The van der Waals surface area contributed by atoms with Crippen LogP contribution in [0.4, 0.5) is 0 Å². The highest BCUT2D eigenvalue weighted by Crippen LogP contribution is 2.17. The molecule has 0 aliphatic heterocycles. The normalized spacial score (nSPS) is 11.9. The summed E-state index contributed by atoms with van der Waals surface area (Å²) in [7, 11) is 0. The minimum absolute atomic E-state index is 0.0411. The van der Waals surface area contributed by atoms with E-state index in [0.717, 1.165) is 12.0 Å². The molecule has 1 heterocycles. The number of aryl methyl sites for hydroxylation is 1. The summed E-state index contributed by atoms with van der Waals surface area (Å²) in [6.07, 6.45) is 0.801. The monoisotopic (exact) mass is 289 g/mol. The third kappa shape index (κ3) is 3.54. The Morgan fingerprint density at radius 3 is 2.45 bits per heavy atom. The number of benzene rings is 1. The van der Waals surface area contributed by atoms with Crippen LogP contribution in [-0.4, -0.2) is 16.1 Å². The number of hydrogen-bond donors (Lipinski definition) is 1. The Labute approximate surface area is 123 Å². The van der Waals surface area contributed by atoms with Gasteiger partial charge in [0.15, 0.2) is 10.8 Å². The zero-order valence-electron chi connectivity index (χ0n) is 11.4. The van der Waals surface area contributed by atoms with Gasteiger partial charge in [-0.05, 0) is 31.0 Å².